The second kappa shape index (κ2) is 9.76. The highest BCUT2D eigenvalue weighted by molar-refractivity contribution is 7.98. The molecule has 0 spiro atoms. The number of thioether (sulfide) groups is 1. The molecule has 18 heavy (non-hydrogen) atoms. The van der Waals surface area contributed by atoms with Gasteiger partial charge in [0.25, 0.3) is 0 Å². The topological polar surface area (TPSA) is 81.7 Å². The van der Waals surface area contributed by atoms with Gasteiger partial charge in [-0.1, -0.05) is 0 Å². The molecule has 0 radical (unpaired) electrons. The molecule has 0 saturated carbocycles. The van der Waals surface area contributed by atoms with Crippen LogP contribution in [0.1, 0.15) is 20.3 Å². The maximum atomic E-state index is 11.5. The molecule has 0 aromatic rings. The monoisotopic (exact) mass is 277 g/mol. The third kappa shape index (κ3) is 6.48. The van der Waals surface area contributed by atoms with Crippen LogP contribution in [0.5, 0.6) is 0 Å². The number of carbonyl (C=O) groups excluding carboxylic acids is 3. The van der Waals surface area contributed by atoms with E-state index < -0.39 is 18.0 Å². The average Bonchev–Trinajstić information content (AvgIpc) is 2.33. The summed E-state index contributed by atoms with van der Waals surface area (Å²) < 4.78 is 9.43. The summed E-state index contributed by atoms with van der Waals surface area (Å²) in [4.78, 5) is 34.5. The van der Waals surface area contributed by atoms with Gasteiger partial charge in [-0.05, 0) is 20.1 Å². The van der Waals surface area contributed by atoms with Gasteiger partial charge in [0.15, 0.2) is 0 Å². The van der Waals surface area contributed by atoms with Crippen LogP contribution in [0.4, 0.5) is 0 Å². The number of rotatable bonds is 8. The number of nitrogens with one attached hydrogen (secondary N) is 1. The van der Waals surface area contributed by atoms with Crippen LogP contribution in [-0.2, 0) is 23.9 Å². The van der Waals surface area contributed by atoms with E-state index in [9.17, 15) is 14.4 Å². The first kappa shape index (κ1) is 16.8. The van der Waals surface area contributed by atoms with Gasteiger partial charge in [0.05, 0.1) is 13.2 Å². The number of carbonyl (C=O) groups is 3. The average molecular weight is 277 g/mol. The van der Waals surface area contributed by atoms with Crippen LogP contribution in [0.3, 0.4) is 0 Å². The Labute approximate surface area is 111 Å². The number of amides is 1. The molecule has 0 fully saturated rings. The lowest BCUT2D eigenvalue weighted by Crippen LogP contribution is -2.48. The summed E-state index contributed by atoms with van der Waals surface area (Å²) in [5.74, 6) is -1.36. The fourth-order valence-corrected chi connectivity index (χ4v) is 1.48. The molecule has 0 atom stereocenters. The standard InChI is InChI=1S/C11H19NO5S/c1-4-16-10(14)9(11(15)17-5-2)12-8(13)6-7-18-3/h9H,4-7H2,1-3H3,(H,12,13). The van der Waals surface area contributed by atoms with Crippen molar-refractivity contribution >= 4 is 29.6 Å². The van der Waals surface area contributed by atoms with Crippen LogP contribution in [0.2, 0.25) is 0 Å². The van der Waals surface area contributed by atoms with Crippen molar-refractivity contribution in [2.45, 2.75) is 26.3 Å². The summed E-state index contributed by atoms with van der Waals surface area (Å²) in [5, 5.41) is 2.32. The Kier molecular flexibility index (Phi) is 9.08. The Morgan fingerprint density at radius 2 is 1.61 bits per heavy atom. The fourth-order valence-electron chi connectivity index (χ4n) is 1.09. The minimum absolute atomic E-state index is 0.134. The fraction of sp³-hybridized carbons (Fsp3) is 0.727. The van der Waals surface area contributed by atoms with E-state index in [0.29, 0.717) is 5.75 Å². The Morgan fingerprint density at radius 3 is 2.00 bits per heavy atom. The van der Waals surface area contributed by atoms with Crippen LogP contribution < -0.4 is 5.32 Å². The SMILES string of the molecule is CCOC(=O)C(NC(=O)CCSC)C(=O)OCC. The van der Waals surface area contributed by atoms with Crippen LogP contribution in [0, 0.1) is 0 Å². The van der Waals surface area contributed by atoms with Gasteiger partial charge in [-0.2, -0.15) is 11.8 Å². The number of ether oxygens (including phenoxy) is 2. The smallest absolute Gasteiger partial charge is 0.340 e. The van der Waals surface area contributed by atoms with Crippen molar-refractivity contribution in [1.82, 2.24) is 5.32 Å². The second-order valence-electron chi connectivity index (χ2n) is 3.25. The Hall–Kier alpha value is -1.24. The maximum absolute atomic E-state index is 11.5. The van der Waals surface area contributed by atoms with Crippen molar-refractivity contribution in [1.29, 1.82) is 0 Å². The van der Waals surface area contributed by atoms with Gasteiger partial charge in [0, 0.05) is 12.2 Å². The molecular weight excluding hydrogens is 258 g/mol. The molecule has 0 unspecified atom stereocenters. The molecule has 1 amide bonds. The molecule has 6 nitrogen and oxygen atoms in total. The van der Waals surface area contributed by atoms with Gasteiger partial charge in [-0.3, -0.25) is 4.79 Å². The first-order valence-corrected chi connectivity index (χ1v) is 7.07. The predicted octanol–water partition coefficient (Wildman–Crippen LogP) is 0.350. The van der Waals surface area contributed by atoms with Gasteiger partial charge < -0.3 is 14.8 Å². The van der Waals surface area contributed by atoms with Crippen molar-refractivity contribution < 1.29 is 23.9 Å². The van der Waals surface area contributed by atoms with Crippen LogP contribution in [0.25, 0.3) is 0 Å². The van der Waals surface area contributed by atoms with Crippen LogP contribution >= 0.6 is 11.8 Å². The zero-order valence-electron chi connectivity index (χ0n) is 10.9. The number of hydrogen-bond donors (Lipinski definition) is 1. The summed E-state index contributed by atoms with van der Waals surface area (Å²) in [5.41, 5.74) is 0. The van der Waals surface area contributed by atoms with Crippen molar-refractivity contribution in [2.24, 2.45) is 0 Å². The predicted molar refractivity (Wildman–Crippen MR) is 68.2 cm³/mol. The van der Waals surface area contributed by atoms with Gasteiger partial charge in [-0.25, -0.2) is 9.59 Å². The van der Waals surface area contributed by atoms with Crippen molar-refractivity contribution in [2.75, 3.05) is 25.2 Å². The third-order valence-electron chi connectivity index (χ3n) is 1.88. The Balaban J connectivity index is 4.51. The van der Waals surface area contributed by atoms with E-state index in [4.69, 9.17) is 9.47 Å². The Bertz CT molecular complexity index is 277. The van der Waals surface area contributed by atoms with Crippen molar-refractivity contribution in [3.05, 3.63) is 0 Å². The molecule has 0 aromatic carbocycles. The first-order valence-electron chi connectivity index (χ1n) is 5.68. The Morgan fingerprint density at radius 1 is 1.11 bits per heavy atom. The molecule has 0 aliphatic carbocycles. The highest BCUT2D eigenvalue weighted by atomic mass is 32.2. The number of esters is 2. The molecule has 0 saturated heterocycles. The van der Waals surface area contributed by atoms with E-state index in [1.54, 1.807) is 13.8 Å². The first-order chi connectivity index (χ1) is 8.56. The molecule has 7 heteroatoms. The molecule has 104 valence electrons. The van der Waals surface area contributed by atoms with Gasteiger partial charge >= 0.3 is 11.9 Å². The zero-order chi connectivity index (χ0) is 14.0. The van der Waals surface area contributed by atoms with E-state index >= 15 is 0 Å². The van der Waals surface area contributed by atoms with Crippen molar-refractivity contribution in [3.8, 4) is 0 Å². The molecule has 0 bridgehead atoms. The molecule has 0 aliphatic heterocycles. The third-order valence-corrected chi connectivity index (χ3v) is 2.50. The van der Waals surface area contributed by atoms with E-state index in [1.165, 1.54) is 11.8 Å². The number of hydrogen-bond acceptors (Lipinski definition) is 6. The van der Waals surface area contributed by atoms with E-state index in [1.807, 2.05) is 6.26 Å². The summed E-state index contributed by atoms with van der Waals surface area (Å²) in [6.07, 6.45) is 2.10. The van der Waals surface area contributed by atoms with Crippen LogP contribution in [0.15, 0.2) is 0 Å². The normalized spacial score (nSPS) is 10.0. The summed E-state index contributed by atoms with van der Waals surface area (Å²) in [6, 6.07) is -1.38. The highest BCUT2D eigenvalue weighted by Gasteiger charge is 2.30. The molecule has 0 aliphatic rings. The van der Waals surface area contributed by atoms with Crippen molar-refractivity contribution in [3.63, 3.8) is 0 Å². The van der Waals surface area contributed by atoms with Gasteiger partial charge in [0.1, 0.15) is 0 Å². The highest BCUT2D eigenvalue weighted by Crippen LogP contribution is 1.99. The lowest BCUT2D eigenvalue weighted by atomic mass is 10.3. The lowest BCUT2D eigenvalue weighted by molar-refractivity contribution is -0.159. The van der Waals surface area contributed by atoms with Crippen LogP contribution in [-0.4, -0.2) is 49.1 Å². The van der Waals surface area contributed by atoms with Gasteiger partial charge in [0.2, 0.25) is 11.9 Å². The van der Waals surface area contributed by atoms with E-state index in [-0.39, 0.29) is 25.5 Å². The minimum atomic E-state index is -1.38. The molecular formula is C11H19NO5S. The lowest BCUT2D eigenvalue weighted by Gasteiger charge is -2.15. The molecule has 0 heterocycles. The summed E-state index contributed by atoms with van der Waals surface area (Å²) in [6.45, 7) is 3.51. The second-order valence-corrected chi connectivity index (χ2v) is 4.23. The zero-order valence-corrected chi connectivity index (χ0v) is 11.7. The summed E-state index contributed by atoms with van der Waals surface area (Å²) in [7, 11) is 0. The largest absolute Gasteiger partial charge is 0.464 e. The summed E-state index contributed by atoms with van der Waals surface area (Å²) >= 11 is 1.50. The maximum Gasteiger partial charge on any atom is 0.340 e. The molecule has 1 N–H and O–H groups in total. The van der Waals surface area contributed by atoms with Gasteiger partial charge in [-0.15, -0.1) is 0 Å². The molecule has 0 rings (SSSR count). The minimum Gasteiger partial charge on any atom is -0.464 e. The van der Waals surface area contributed by atoms with E-state index in [0.717, 1.165) is 0 Å². The van der Waals surface area contributed by atoms with E-state index in [2.05, 4.69) is 5.32 Å². The quantitative estimate of drug-likeness (QED) is 0.509. The molecule has 0 aromatic heterocycles.